The van der Waals surface area contributed by atoms with Gasteiger partial charge in [0.2, 0.25) is 0 Å². The van der Waals surface area contributed by atoms with Crippen molar-refractivity contribution in [2.75, 3.05) is 13.2 Å². The van der Waals surface area contributed by atoms with Gasteiger partial charge in [0, 0.05) is 18.2 Å². The first-order valence-electron chi connectivity index (χ1n) is 5.56. The summed E-state index contributed by atoms with van der Waals surface area (Å²) < 4.78 is 10.8. The number of nitrogens with one attached hydrogen (secondary N) is 1. The van der Waals surface area contributed by atoms with E-state index in [0.717, 1.165) is 12.2 Å². The summed E-state index contributed by atoms with van der Waals surface area (Å²) in [4.78, 5) is 11.1. The number of primary amides is 1. The van der Waals surface area contributed by atoms with Crippen molar-refractivity contribution in [2.24, 2.45) is 5.73 Å². The first-order chi connectivity index (χ1) is 7.98. The molecule has 0 aromatic carbocycles. The molecular weight excluding hydrogens is 222 g/mol. The van der Waals surface area contributed by atoms with Gasteiger partial charge in [0.05, 0.1) is 18.8 Å². The lowest BCUT2D eigenvalue weighted by molar-refractivity contribution is -0.0239. The van der Waals surface area contributed by atoms with E-state index in [9.17, 15) is 4.79 Å². The standard InChI is InChI=1S/C11H17N3O3/c1-11(2,17-6-8-5-16-8)3-7-4-13-14-9(7)10(12)15/h4,8H,3,5-6H2,1-2H3,(H2,12,15)(H,13,14)/t8-/m1/s1. The Morgan fingerprint density at radius 3 is 3.06 bits per heavy atom. The van der Waals surface area contributed by atoms with Crippen LogP contribution in [-0.4, -0.2) is 41.0 Å². The second kappa shape index (κ2) is 4.46. The number of aromatic nitrogens is 2. The van der Waals surface area contributed by atoms with Gasteiger partial charge in [-0.1, -0.05) is 0 Å². The molecule has 2 rings (SSSR count). The Morgan fingerprint density at radius 1 is 1.76 bits per heavy atom. The second-order valence-electron chi connectivity index (χ2n) is 4.83. The number of epoxide rings is 1. The average molecular weight is 239 g/mol. The SMILES string of the molecule is CC(C)(Cc1c[nH]nc1C(N)=O)OC[C@H]1CO1. The second-order valence-corrected chi connectivity index (χ2v) is 4.83. The van der Waals surface area contributed by atoms with Crippen molar-refractivity contribution in [1.82, 2.24) is 10.2 Å². The molecule has 0 radical (unpaired) electrons. The molecule has 0 spiro atoms. The molecule has 17 heavy (non-hydrogen) atoms. The number of nitrogens with zero attached hydrogens (tertiary/aromatic N) is 1. The van der Waals surface area contributed by atoms with Crippen LogP contribution in [0.1, 0.15) is 29.9 Å². The fourth-order valence-corrected chi connectivity index (χ4v) is 1.66. The highest BCUT2D eigenvalue weighted by molar-refractivity contribution is 5.92. The van der Waals surface area contributed by atoms with E-state index in [1.807, 2.05) is 13.8 Å². The molecule has 94 valence electrons. The topological polar surface area (TPSA) is 93.5 Å². The van der Waals surface area contributed by atoms with Crippen molar-refractivity contribution in [2.45, 2.75) is 32.0 Å². The largest absolute Gasteiger partial charge is 0.372 e. The van der Waals surface area contributed by atoms with Gasteiger partial charge in [-0.2, -0.15) is 5.10 Å². The molecule has 6 nitrogen and oxygen atoms in total. The van der Waals surface area contributed by atoms with Crippen LogP contribution >= 0.6 is 0 Å². The van der Waals surface area contributed by atoms with Crippen LogP contribution < -0.4 is 5.73 Å². The minimum atomic E-state index is -0.525. The fraction of sp³-hybridized carbons (Fsp3) is 0.636. The van der Waals surface area contributed by atoms with Gasteiger partial charge >= 0.3 is 0 Å². The number of nitrogens with two attached hydrogens (primary N) is 1. The van der Waals surface area contributed by atoms with Gasteiger partial charge in [-0.05, 0) is 13.8 Å². The highest BCUT2D eigenvalue weighted by Gasteiger charge is 2.28. The van der Waals surface area contributed by atoms with Gasteiger partial charge in [-0.25, -0.2) is 0 Å². The first kappa shape index (κ1) is 12.1. The Hall–Kier alpha value is -1.40. The van der Waals surface area contributed by atoms with Gasteiger partial charge in [-0.3, -0.25) is 9.89 Å². The molecule has 0 aliphatic carbocycles. The van der Waals surface area contributed by atoms with Crippen LogP contribution in [-0.2, 0) is 15.9 Å². The van der Waals surface area contributed by atoms with E-state index in [0.29, 0.717) is 13.0 Å². The normalized spacial score (nSPS) is 19.3. The summed E-state index contributed by atoms with van der Waals surface area (Å²) in [5.41, 5.74) is 5.91. The Bertz CT molecular complexity index is 410. The third kappa shape index (κ3) is 3.28. The summed E-state index contributed by atoms with van der Waals surface area (Å²) in [5, 5.41) is 6.48. The number of aromatic amines is 1. The Balaban J connectivity index is 1.97. The smallest absolute Gasteiger partial charge is 0.269 e. The first-order valence-corrected chi connectivity index (χ1v) is 5.56. The van der Waals surface area contributed by atoms with Crippen LogP contribution in [0.2, 0.25) is 0 Å². The number of rotatable bonds is 6. The van der Waals surface area contributed by atoms with E-state index in [1.54, 1.807) is 6.20 Å². The molecule has 1 amide bonds. The van der Waals surface area contributed by atoms with Gasteiger partial charge in [-0.15, -0.1) is 0 Å². The van der Waals surface area contributed by atoms with Crippen LogP contribution in [0.4, 0.5) is 0 Å². The highest BCUT2D eigenvalue weighted by atomic mass is 16.6. The summed E-state index contributed by atoms with van der Waals surface area (Å²) in [5.74, 6) is -0.525. The van der Waals surface area contributed by atoms with Crippen LogP contribution in [0.5, 0.6) is 0 Å². The Morgan fingerprint density at radius 2 is 2.47 bits per heavy atom. The van der Waals surface area contributed by atoms with E-state index in [1.165, 1.54) is 0 Å². The summed E-state index contributed by atoms with van der Waals surface area (Å²) in [6.45, 7) is 5.28. The molecule has 0 saturated carbocycles. The third-order valence-corrected chi connectivity index (χ3v) is 2.63. The average Bonchev–Trinajstić information content (AvgIpc) is 2.95. The zero-order chi connectivity index (χ0) is 12.5. The maximum atomic E-state index is 11.1. The van der Waals surface area contributed by atoms with Gasteiger partial charge < -0.3 is 15.2 Å². The number of carbonyl (C=O) groups excluding carboxylic acids is 1. The van der Waals surface area contributed by atoms with Gasteiger partial charge in [0.15, 0.2) is 5.69 Å². The van der Waals surface area contributed by atoms with Crippen molar-refractivity contribution in [1.29, 1.82) is 0 Å². The lowest BCUT2D eigenvalue weighted by Crippen LogP contribution is -2.30. The highest BCUT2D eigenvalue weighted by Crippen LogP contribution is 2.21. The lowest BCUT2D eigenvalue weighted by atomic mass is 9.98. The lowest BCUT2D eigenvalue weighted by Gasteiger charge is -2.24. The summed E-state index contributed by atoms with van der Waals surface area (Å²) in [7, 11) is 0. The summed E-state index contributed by atoms with van der Waals surface area (Å²) in [6.07, 6.45) is 2.49. The number of amides is 1. The molecule has 1 aromatic heterocycles. The van der Waals surface area contributed by atoms with E-state index >= 15 is 0 Å². The summed E-state index contributed by atoms with van der Waals surface area (Å²) in [6, 6.07) is 0. The van der Waals surface area contributed by atoms with E-state index in [4.69, 9.17) is 15.2 Å². The van der Waals surface area contributed by atoms with Crippen LogP contribution in [0, 0.1) is 0 Å². The monoisotopic (exact) mass is 239 g/mol. The molecule has 1 aromatic rings. The Labute approximate surface area is 99.5 Å². The number of ether oxygens (including phenoxy) is 2. The molecule has 1 fully saturated rings. The van der Waals surface area contributed by atoms with E-state index in [2.05, 4.69) is 10.2 Å². The quantitative estimate of drug-likeness (QED) is 0.695. The predicted molar refractivity (Wildman–Crippen MR) is 60.6 cm³/mol. The number of hydrogen-bond acceptors (Lipinski definition) is 4. The Kier molecular flexibility index (Phi) is 3.17. The molecule has 3 N–H and O–H groups in total. The molecule has 6 heteroatoms. The van der Waals surface area contributed by atoms with Crippen LogP contribution in [0.3, 0.4) is 0 Å². The molecule has 0 unspecified atom stereocenters. The van der Waals surface area contributed by atoms with Crippen molar-refractivity contribution < 1.29 is 14.3 Å². The maximum absolute atomic E-state index is 11.1. The number of H-pyrrole nitrogens is 1. The van der Waals surface area contributed by atoms with E-state index < -0.39 is 5.91 Å². The molecule has 1 saturated heterocycles. The van der Waals surface area contributed by atoms with Crippen LogP contribution in [0.15, 0.2) is 6.20 Å². The summed E-state index contributed by atoms with van der Waals surface area (Å²) >= 11 is 0. The maximum Gasteiger partial charge on any atom is 0.269 e. The van der Waals surface area contributed by atoms with E-state index in [-0.39, 0.29) is 17.4 Å². The van der Waals surface area contributed by atoms with Crippen LogP contribution in [0.25, 0.3) is 0 Å². The van der Waals surface area contributed by atoms with Crippen molar-refractivity contribution >= 4 is 5.91 Å². The van der Waals surface area contributed by atoms with Crippen molar-refractivity contribution in [3.63, 3.8) is 0 Å². The minimum absolute atomic E-state index is 0.231. The minimum Gasteiger partial charge on any atom is -0.372 e. The zero-order valence-electron chi connectivity index (χ0n) is 10.0. The molecule has 1 aliphatic heterocycles. The number of hydrogen-bond donors (Lipinski definition) is 2. The molecule has 1 aliphatic rings. The van der Waals surface area contributed by atoms with Gasteiger partial charge in [0.1, 0.15) is 6.10 Å². The number of carbonyl (C=O) groups is 1. The fourth-order valence-electron chi connectivity index (χ4n) is 1.66. The molecular formula is C11H17N3O3. The van der Waals surface area contributed by atoms with Crippen molar-refractivity contribution in [3.05, 3.63) is 17.5 Å². The van der Waals surface area contributed by atoms with Gasteiger partial charge in [0.25, 0.3) is 5.91 Å². The third-order valence-electron chi connectivity index (χ3n) is 2.63. The molecule has 1 atom stereocenters. The van der Waals surface area contributed by atoms with Crippen molar-refractivity contribution in [3.8, 4) is 0 Å². The molecule has 2 heterocycles. The zero-order valence-corrected chi connectivity index (χ0v) is 10.0. The molecule has 0 bridgehead atoms. The predicted octanol–water partition coefficient (Wildman–Crippen LogP) is 0.245.